The van der Waals surface area contributed by atoms with Gasteiger partial charge < -0.3 is 5.32 Å². The van der Waals surface area contributed by atoms with Crippen molar-refractivity contribution in [1.29, 1.82) is 0 Å². The first kappa shape index (κ1) is 18.4. The van der Waals surface area contributed by atoms with Gasteiger partial charge in [0.05, 0.1) is 5.02 Å². The van der Waals surface area contributed by atoms with Crippen molar-refractivity contribution in [2.24, 2.45) is 5.92 Å². The maximum atomic E-state index is 12.1. The van der Waals surface area contributed by atoms with Crippen LogP contribution in [0.25, 0.3) is 11.4 Å². The van der Waals surface area contributed by atoms with Crippen molar-refractivity contribution in [2.45, 2.75) is 52.6 Å². The van der Waals surface area contributed by atoms with Gasteiger partial charge >= 0.3 is 0 Å². The number of nitrogens with one attached hydrogen (secondary N) is 1. The predicted molar refractivity (Wildman–Crippen MR) is 94.6 cm³/mol. The zero-order valence-corrected chi connectivity index (χ0v) is 15.1. The number of tetrazole rings is 1. The zero-order valence-electron chi connectivity index (χ0n) is 14.4. The summed E-state index contributed by atoms with van der Waals surface area (Å²) in [6, 6.07) is 7.42. The highest BCUT2D eigenvalue weighted by Gasteiger charge is 2.13. The minimum Gasteiger partial charge on any atom is -0.352 e. The summed E-state index contributed by atoms with van der Waals surface area (Å²) in [5.41, 5.74) is 0.702. The molecule has 0 bridgehead atoms. The van der Waals surface area contributed by atoms with Gasteiger partial charge in [-0.05, 0) is 36.6 Å². The molecule has 1 aromatic heterocycles. The molecule has 7 heteroatoms. The Labute approximate surface area is 147 Å². The maximum absolute atomic E-state index is 12.1. The van der Waals surface area contributed by atoms with E-state index in [1.165, 1.54) is 11.2 Å². The van der Waals surface area contributed by atoms with Crippen LogP contribution in [0.2, 0.25) is 5.02 Å². The molecule has 0 unspecified atom stereocenters. The Morgan fingerprint density at radius 2 is 2.00 bits per heavy atom. The second-order valence-electron chi connectivity index (χ2n) is 6.42. The lowest BCUT2D eigenvalue weighted by molar-refractivity contribution is -0.122. The summed E-state index contributed by atoms with van der Waals surface area (Å²) in [5, 5.41) is 15.6. The lowest BCUT2D eigenvalue weighted by Gasteiger charge is -2.14. The molecule has 0 aliphatic carbocycles. The topological polar surface area (TPSA) is 72.7 Å². The van der Waals surface area contributed by atoms with Crippen LogP contribution in [0.1, 0.15) is 40.0 Å². The van der Waals surface area contributed by atoms with Crippen LogP contribution in [-0.2, 0) is 11.3 Å². The molecular weight excluding hydrogens is 326 g/mol. The van der Waals surface area contributed by atoms with Gasteiger partial charge in [-0.15, -0.1) is 10.2 Å². The summed E-state index contributed by atoms with van der Waals surface area (Å²) >= 11 is 6.12. The Morgan fingerprint density at radius 1 is 1.25 bits per heavy atom. The molecule has 1 aromatic carbocycles. The van der Waals surface area contributed by atoms with Crippen LogP contribution in [-0.4, -0.2) is 32.2 Å². The third-order valence-corrected chi connectivity index (χ3v) is 4.01. The van der Waals surface area contributed by atoms with E-state index in [-0.39, 0.29) is 18.5 Å². The Hall–Kier alpha value is -1.95. The Kier molecular flexibility index (Phi) is 6.73. The number of hydrogen-bond donors (Lipinski definition) is 1. The van der Waals surface area contributed by atoms with Gasteiger partial charge in [0, 0.05) is 11.6 Å². The van der Waals surface area contributed by atoms with Gasteiger partial charge in [0.25, 0.3) is 0 Å². The predicted octanol–water partition coefficient (Wildman–Crippen LogP) is 3.32. The summed E-state index contributed by atoms with van der Waals surface area (Å²) in [4.78, 5) is 13.4. The molecule has 2 rings (SSSR count). The van der Waals surface area contributed by atoms with Crippen LogP contribution < -0.4 is 5.32 Å². The van der Waals surface area contributed by atoms with Crippen LogP contribution in [0.3, 0.4) is 0 Å². The van der Waals surface area contributed by atoms with E-state index in [1.54, 1.807) is 6.07 Å². The van der Waals surface area contributed by atoms with Crippen LogP contribution in [0.4, 0.5) is 0 Å². The third-order valence-electron chi connectivity index (χ3n) is 3.68. The van der Waals surface area contributed by atoms with Crippen LogP contribution in [0.15, 0.2) is 24.3 Å². The summed E-state index contributed by atoms with van der Waals surface area (Å²) in [6.07, 6.45) is 3.25. The van der Waals surface area contributed by atoms with Gasteiger partial charge in [-0.3, -0.25) is 4.79 Å². The standard InChI is InChI=1S/C17H24ClN5O/c1-12(2)7-6-8-13(3)19-16(24)11-23-21-17(20-22-23)14-9-4-5-10-15(14)18/h4-5,9-10,12-13H,6-8,11H2,1-3H3,(H,19,24)/t13-/m1/s1. The van der Waals surface area contributed by atoms with Gasteiger partial charge in [0.2, 0.25) is 11.7 Å². The minimum absolute atomic E-state index is 0.0476. The SMILES string of the molecule is CC(C)CCC[C@@H](C)NC(=O)Cn1nnc(-c2ccccc2Cl)n1. The van der Waals surface area contributed by atoms with Crippen molar-refractivity contribution < 1.29 is 4.79 Å². The highest BCUT2D eigenvalue weighted by Crippen LogP contribution is 2.23. The number of aromatic nitrogens is 4. The first-order chi connectivity index (χ1) is 11.5. The molecule has 0 saturated heterocycles. The summed E-state index contributed by atoms with van der Waals surface area (Å²) in [5.74, 6) is 0.990. The van der Waals surface area contributed by atoms with Gasteiger partial charge in [-0.1, -0.05) is 50.4 Å². The minimum atomic E-state index is -0.116. The van der Waals surface area contributed by atoms with E-state index in [2.05, 4.69) is 34.6 Å². The number of hydrogen-bond acceptors (Lipinski definition) is 4. The molecule has 1 atom stereocenters. The molecule has 0 fully saturated rings. The lowest BCUT2D eigenvalue weighted by atomic mass is 10.0. The van der Waals surface area contributed by atoms with E-state index in [0.29, 0.717) is 22.3 Å². The Bertz CT molecular complexity index is 671. The molecule has 1 N–H and O–H groups in total. The van der Waals surface area contributed by atoms with E-state index >= 15 is 0 Å². The fraction of sp³-hybridized carbons (Fsp3) is 0.529. The first-order valence-corrected chi connectivity index (χ1v) is 8.65. The van der Waals surface area contributed by atoms with Gasteiger partial charge in [-0.25, -0.2) is 0 Å². The van der Waals surface area contributed by atoms with E-state index in [9.17, 15) is 4.79 Å². The molecule has 1 amide bonds. The average molecular weight is 350 g/mol. The maximum Gasteiger partial charge on any atom is 0.243 e. The van der Waals surface area contributed by atoms with E-state index in [0.717, 1.165) is 12.8 Å². The Balaban J connectivity index is 1.86. The number of nitrogens with zero attached hydrogens (tertiary/aromatic N) is 4. The van der Waals surface area contributed by atoms with Crippen LogP contribution in [0, 0.1) is 5.92 Å². The van der Waals surface area contributed by atoms with E-state index in [4.69, 9.17) is 11.6 Å². The van der Waals surface area contributed by atoms with E-state index in [1.807, 2.05) is 25.1 Å². The number of carbonyl (C=O) groups is 1. The Morgan fingerprint density at radius 3 is 2.71 bits per heavy atom. The molecule has 0 saturated carbocycles. The molecule has 0 radical (unpaired) electrons. The quantitative estimate of drug-likeness (QED) is 0.793. The molecule has 0 spiro atoms. The first-order valence-electron chi connectivity index (χ1n) is 8.27. The van der Waals surface area contributed by atoms with Crippen LogP contribution in [0.5, 0.6) is 0 Å². The summed E-state index contributed by atoms with van der Waals surface area (Å²) < 4.78 is 0. The fourth-order valence-electron chi connectivity index (χ4n) is 2.41. The fourth-order valence-corrected chi connectivity index (χ4v) is 2.63. The molecule has 2 aromatic rings. The second kappa shape index (κ2) is 8.78. The highest BCUT2D eigenvalue weighted by molar-refractivity contribution is 6.33. The van der Waals surface area contributed by atoms with Gasteiger partial charge in [-0.2, -0.15) is 4.80 Å². The average Bonchev–Trinajstić information content (AvgIpc) is 2.95. The molecular formula is C17H24ClN5O. The molecule has 0 aliphatic heterocycles. The van der Waals surface area contributed by atoms with Crippen molar-refractivity contribution in [3.8, 4) is 11.4 Å². The monoisotopic (exact) mass is 349 g/mol. The molecule has 24 heavy (non-hydrogen) atoms. The van der Waals surface area contributed by atoms with Crippen molar-refractivity contribution in [3.63, 3.8) is 0 Å². The molecule has 0 aliphatic rings. The van der Waals surface area contributed by atoms with Crippen molar-refractivity contribution >= 4 is 17.5 Å². The van der Waals surface area contributed by atoms with E-state index < -0.39 is 0 Å². The van der Waals surface area contributed by atoms with Crippen LogP contribution >= 0.6 is 11.6 Å². The highest BCUT2D eigenvalue weighted by atomic mass is 35.5. The second-order valence-corrected chi connectivity index (χ2v) is 6.82. The van der Waals surface area contributed by atoms with Crippen molar-refractivity contribution in [2.75, 3.05) is 0 Å². The number of halogens is 1. The number of amides is 1. The number of rotatable bonds is 8. The smallest absolute Gasteiger partial charge is 0.243 e. The number of benzene rings is 1. The normalized spacial score (nSPS) is 12.4. The molecule has 130 valence electrons. The molecule has 1 heterocycles. The van der Waals surface area contributed by atoms with Gasteiger partial charge in [0.1, 0.15) is 6.54 Å². The molecule has 6 nitrogen and oxygen atoms in total. The third kappa shape index (κ3) is 5.60. The van der Waals surface area contributed by atoms with Crippen molar-refractivity contribution in [3.05, 3.63) is 29.3 Å². The lowest BCUT2D eigenvalue weighted by Crippen LogP contribution is -2.35. The zero-order chi connectivity index (χ0) is 17.5. The largest absolute Gasteiger partial charge is 0.352 e. The van der Waals surface area contributed by atoms with Crippen molar-refractivity contribution in [1.82, 2.24) is 25.5 Å². The van der Waals surface area contributed by atoms with Gasteiger partial charge in [0.15, 0.2) is 0 Å². The number of carbonyl (C=O) groups excluding carboxylic acids is 1. The summed E-state index contributed by atoms with van der Waals surface area (Å²) in [7, 11) is 0. The summed E-state index contributed by atoms with van der Waals surface area (Å²) in [6.45, 7) is 6.47.